The molecule has 0 spiro atoms. The molecule has 1 aromatic heterocycles. The molecule has 19 heavy (non-hydrogen) atoms. The average molecular weight is 273 g/mol. The zero-order chi connectivity index (χ0) is 13.5. The molecule has 0 aliphatic carbocycles. The average Bonchev–Trinajstić information content (AvgIpc) is 2.47. The molecule has 0 aliphatic rings. The summed E-state index contributed by atoms with van der Waals surface area (Å²) in [5, 5.41) is 5.56. The van der Waals surface area contributed by atoms with Crippen molar-refractivity contribution >= 4 is 23.5 Å². The fourth-order valence-corrected chi connectivity index (χ4v) is 1.94. The molecule has 2 rings (SSSR count). The van der Waals surface area contributed by atoms with Crippen molar-refractivity contribution in [1.29, 1.82) is 0 Å². The lowest BCUT2D eigenvalue weighted by Gasteiger charge is -2.07. The van der Waals surface area contributed by atoms with Gasteiger partial charge in [-0.05, 0) is 42.2 Å². The summed E-state index contributed by atoms with van der Waals surface area (Å²) < 4.78 is 0. The second-order valence-corrected chi connectivity index (χ2v) is 4.78. The minimum atomic E-state index is -0.222. The number of carbonyl (C=O) groups excluding carboxylic acids is 1. The molecule has 0 aliphatic heterocycles. The van der Waals surface area contributed by atoms with Gasteiger partial charge in [-0.2, -0.15) is 0 Å². The molecule has 0 fully saturated rings. The molecule has 0 saturated heterocycles. The van der Waals surface area contributed by atoms with Gasteiger partial charge in [0, 0.05) is 29.5 Å². The molecule has 2 N–H and O–H groups in total. The topological polar surface area (TPSA) is 54.0 Å². The molecule has 1 aromatic carbocycles. The quantitative estimate of drug-likeness (QED) is 0.841. The van der Waals surface area contributed by atoms with Crippen molar-refractivity contribution in [2.24, 2.45) is 0 Å². The van der Waals surface area contributed by atoms with E-state index in [1.165, 1.54) is 4.90 Å². The number of aromatic nitrogens is 1. The molecule has 2 aromatic rings. The maximum atomic E-state index is 11.7. The van der Waals surface area contributed by atoms with Crippen LogP contribution in [-0.4, -0.2) is 17.3 Å². The van der Waals surface area contributed by atoms with Gasteiger partial charge in [0.1, 0.15) is 0 Å². The Morgan fingerprint density at radius 1 is 1.26 bits per heavy atom. The normalized spacial score (nSPS) is 9.95. The Morgan fingerprint density at radius 2 is 2.05 bits per heavy atom. The lowest BCUT2D eigenvalue weighted by molar-refractivity contribution is 0.251. The van der Waals surface area contributed by atoms with Crippen LogP contribution >= 0.6 is 11.8 Å². The standard InChI is InChI=1S/C14H15N3OS/c1-19-13-6-4-12(5-7-13)17-14(18)16-10-11-3-2-8-15-9-11/h2-9H,10H2,1H3,(H2,16,17,18). The number of hydrogen-bond acceptors (Lipinski definition) is 3. The second-order valence-electron chi connectivity index (χ2n) is 3.90. The van der Waals surface area contributed by atoms with Crippen LogP contribution in [-0.2, 0) is 6.54 Å². The molecule has 98 valence electrons. The van der Waals surface area contributed by atoms with Crippen LogP contribution in [0.25, 0.3) is 0 Å². The SMILES string of the molecule is CSc1ccc(NC(=O)NCc2cccnc2)cc1. The van der Waals surface area contributed by atoms with Crippen molar-refractivity contribution in [2.75, 3.05) is 11.6 Å². The van der Waals surface area contributed by atoms with Crippen LogP contribution in [0.15, 0.2) is 53.7 Å². The zero-order valence-corrected chi connectivity index (χ0v) is 11.4. The third-order valence-corrected chi connectivity index (χ3v) is 3.27. The van der Waals surface area contributed by atoms with E-state index < -0.39 is 0 Å². The van der Waals surface area contributed by atoms with Gasteiger partial charge in [-0.25, -0.2) is 4.79 Å². The van der Waals surface area contributed by atoms with Crippen LogP contribution < -0.4 is 10.6 Å². The number of carbonyl (C=O) groups is 1. The van der Waals surface area contributed by atoms with Crippen LogP contribution in [0.3, 0.4) is 0 Å². The van der Waals surface area contributed by atoms with Crippen molar-refractivity contribution in [1.82, 2.24) is 10.3 Å². The van der Waals surface area contributed by atoms with Gasteiger partial charge >= 0.3 is 6.03 Å². The molecule has 0 radical (unpaired) electrons. The number of rotatable bonds is 4. The van der Waals surface area contributed by atoms with Gasteiger partial charge in [0.15, 0.2) is 0 Å². The Labute approximate surface area is 116 Å². The van der Waals surface area contributed by atoms with E-state index in [-0.39, 0.29) is 6.03 Å². The van der Waals surface area contributed by atoms with E-state index in [4.69, 9.17) is 0 Å². The van der Waals surface area contributed by atoms with Gasteiger partial charge in [0.05, 0.1) is 0 Å². The fraction of sp³-hybridized carbons (Fsp3) is 0.143. The van der Waals surface area contributed by atoms with Crippen LogP contribution in [0.4, 0.5) is 10.5 Å². The van der Waals surface area contributed by atoms with Crippen molar-refractivity contribution in [3.05, 3.63) is 54.4 Å². The number of amides is 2. The van der Waals surface area contributed by atoms with Gasteiger partial charge in [0.25, 0.3) is 0 Å². The summed E-state index contributed by atoms with van der Waals surface area (Å²) >= 11 is 1.67. The predicted octanol–water partition coefficient (Wildman–Crippen LogP) is 3.13. The Bertz CT molecular complexity index is 528. The van der Waals surface area contributed by atoms with Gasteiger partial charge in [-0.3, -0.25) is 4.98 Å². The highest BCUT2D eigenvalue weighted by molar-refractivity contribution is 7.98. The van der Waals surface area contributed by atoms with E-state index in [0.29, 0.717) is 6.54 Å². The highest BCUT2D eigenvalue weighted by atomic mass is 32.2. The maximum Gasteiger partial charge on any atom is 0.319 e. The largest absolute Gasteiger partial charge is 0.334 e. The summed E-state index contributed by atoms with van der Waals surface area (Å²) in [7, 11) is 0. The number of urea groups is 1. The van der Waals surface area contributed by atoms with E-state index in [1.54, 1.807) is 24.2 Å². The van der Waals surface area contributed by atoms with Crippen molar-refractivity contribution in [2.45, 2.75) is 11.4 Å². The lowest BCUT2D eigenvalue weighted by Crippen LogP contribution is -2.28. The summed E-state index contributed by atoms with van der Waals surface area (Å²) in [5.74, 6) is 0. The molecular formula is C14H15N3OS. The predicted molar refractivity (Wildman–Crippen MR) is 78.3 cm³/mol. The first-order chi connectivity index (χ1) is 9.28. The summed E-state index contributed by atoms with van der Waals surface area (Å²) in [4.78, 5) is 16.9. The fourth-order valence-electron chi connectivity index (χ4n) is 1.53. The summed E-state index contributed by atoms with van der Waals surface area (Å²) in [6.45, 7) is 0.461. The number of anilines is 1. The molecule has 0 atom stereocenters. The van der Waals surface area contributed by atoms with E-state index >= 15 is 0 Å². The highest BCUT2D eigenvalue weighted by Crippen LogP contribution is 2.17. The van der Waals surface area contributed by atoms with E-state index in [2.05, 4.69) is 15.6 Å². The molecule has 2 amide bonds. The van der Waals surface area contributed by atoms with Crippen LogP contribution in [0, 0.1) is 0 Å². The van der Waals surface area contributed by atoms with Crippen molar-refractivity contribution in [3.8, 4) is 0 Å². The van der Waals surface area contributed by atoms with E-state index in [0.717, 1.165) is 11.3 Å². The number of hydrogen-bond donors (Lipinski definition) is 2. The monoisotopic (exact) mass is 273 g/mol. The second kappa shape index (κ2) is 6.80. The summed E-state index contributed by atoms with van der Waals surface area (Å²) in [6, 6.07) is 11.3. The van der Waals surface area contributed by atoms with Gasteiger partial charge in [-0.1, -0.05) is 6.07 Å². The smallest absolute Gasteiger partial charge is 0.319 e. The van der Waals surface area contributed by atoms with Crippen LogP contribution in [0.1, 0.15) is 5.56 Å². The van der Waals surface area contributed by atoms with Crippen LogP contribution in [0.2, 0.25) is 0 Å². The Kier molecular flexibility index (Phi) is 4.80. The molecule has 0 unspecified atom stereocenters. The van der Waals surface area contributed by atoms with Gasteiger partial charge < -0.3 is 10.6 Å². The number of thioether (sulfide) groups is 1. The van der Waals surface area contributed by atoms with Crippen LogP contribution in [0.5, 0.6) is 0 Å². The Morgan fingerprint density at radius 3 is 2.68 bits per heavy atom. The number of pyridine rings is 1. The number of nitrogens with one attached hydrogen (secondary N) is 2. The Hall–Kier alpha value is -2.01. The first-order valence-electron chi connectivity index (χ1n) is 5.86. The first kappa shape index (κ1) is 13.4. The summed E-state index contributed by atoms with van der Waals surface area (Å²) in [6.07, 6.45) is 5.45. The van der Waals surface area contributed by atoms with Crippen molar-refractivity contribution < 1.29 is 4.79 Å². The van der Waals surface area contributed by atoms with Gasteiger partial charge in [-0.15, -0.1) is 11.8 Å². The number of nitrogens with zero attached hydrogens (tertiary/aromatic N) is 1. The third kappa shape index (κ3) is 4.30. The number of benzene rings is 1. The molecule has 1 heterocycles. The lowest BCUT2D eigenvalue weighted by atomic mass is 10.3. The van der Waals surface area contributed by atoms with Gasteiger partial charge in [0.2, 0.25) is 0 Å². The van der Waals surface area contributed by atoms with E-state index in [1.807, 2.05) is 42.7 Å². The molecule has 0 bridgehead atoms. The maximum absolute atomic E-state index is 11.7. The molecule has 5 heteroatoms. The first-order valence-corrected chi connectivity index (χ1v) is 7.08. The highest BCUT2D eigenvalue weighted by Gasteiger charge is 2.01. The zero-order valence-electron chi connectivity index (χ0n) is 10.6. The molecule has 4 nitrogen and oxygen atoms in total. The van der Waals surface area contributed by atoms with Crippen molar-refractivity contribution in [3.63, 3.8) is 0 Å². The minimum absolute atomic E-state index is 0.222. The molecular weight excluding hydrogens is 258 g/mol. The minimum Gasteiger partial charge on any atom is -0.334 e. The third-order valence-electron chi connectivity index (χ3n) is 2.52. The summed E-state index contributed by atoms with van der Waals surface area (Å²) in [5.41, 5.74) is 1.75. The molecule has 0 saturated carbocycles. The Balaban J connectivity index is 1.83. The van der Waals surface area contributed by atoms with E-state index in [9.17, 15) is 4.79 Å².